The summed E-state index contributed by atoms with van der Waals surface area (Å²) in [6.07, 6.45) is 1.39. The summed E-state index contributed by atoms with van der Waals surface area (Å²) in [5.74, 6) is 0.988. The second kappa shape index (κ2) is 8.25. The zero-order valence-electron chi connectivity index (χ0n) is 12.9. The van der Waals surface area contributed by atoms with E-state index in [9.17, 15) is 4.79 Å². The van der Waals surface area contributed by atoms with Gasteiger partial charge in [-0.3, -0.25) is 4.79 Å². The Kier molecular flexibility index (Phi) is 6.34. The minimum Gasteiger partial charge on any atom is -0.326 e. The Morgan fingerprint density at radius 1 is 1.09 bits per heavy atom. The molecule has 2 nitrogen and oxygen atoms in total. The third-order valence-electron chi connectivity index (χ3n) is 3.42. The van der Waals surface area contributed by atoms with Crippen molar-refractivity contribution in [1.29, 1.82) is 0 Å². The van der Waals surface area contributed by atoms with Crippen molar-refractivity contribution in [3.63, 3.8) is 0 Å². The Balaban J connectivity index is 1.71. The topological polar surface area (TPSA) is 29.1 Å². The summed E-state index contributed by atoms with van der Waals surface area (Å²) in [6.45, 7) is 4.11. The van der Waals surface area contributed by atoms with Gasteiger partial charge in [0.05, 0.1) is 0 Å². The molecule has 0 saturated heterocycles. The molecule has 0 aromatic heterocycles. The number of benzene rings is 2. The highest BCUT2D eigenvalue weighted by atomic mass is 35.5. The molecular formula is C18H20ClNOS. The van der Waals surface area contributed by atoms with Gasteiger partial charge in [-0.25, -0.2) is 0 Å². The molecule has 2 aromatic carbocycles. The van der Waals surface area contributed by atoms with Gasteiger partial charge in [-0.15, -0.1) is 11.8 Å². The molecule has 0 saturated carbocycles. The minimum atomic E-state index is 0.0694. The third kappa shape index (κ3) is 5.39. The van der Waals surface area contributed by atoms with E-state index in [0.717, 1.165) is 22.9 Å². The van der Waals surface area contributed by atoms with Crippen LogP contribution in [0.4, 0.5) is 5.69 Å². The fourth-order valence-electron chi connectivity index (χ4n) is 2.00. The lowest BCUT2D eigenvalue weighted by molar-refractivity contribution is -0.116. The lowest BCUT2D eigenvalue weighted by atomic mass is 10.1. The van der Waals surface area contributed by atoms with Gasteiger partial charge in [0, 0.05) is 22.0 Å². The average Bonchev–Trinajstić information content (AvgIpc) is 2.49. The van der Waals surface area contributed by atoms with Crippen molar-refractivity contribution < 1.29 is 4.79 Å². The first-order valence-electron chi connectivity index (χ1n) is 7.30. The molecule has 0 atom stereocenters. The standard InChI is InChI=1S/C18H20ClNOS/c1-13-5-8-16(12-14(13)2)20-18(21)4-3-11-22-17-9-6-15(19)7-10-17/h5-10,12H,3-4,11H2,1-2H3,(H,20,21). The van der Waals surface area contributed by atoms with E-state index < -0.39 is 0 Å². The van der Waals surface area contributed by atoms with E-state index in [-0.39, 0.29) is 5.91 Å². The molecular weight excluding hydrogens is 314 g/mol. The molecule has 0 unspecified atom stereocenters. The van der Waals surface area contributed by atoms with Crippen LogP contribution in [0.5, 0.6) is 0 Å². The predicted octanol–water partition coefficient (Wildman–Crippen LogP) is 5.47. The van der Waals surface area contributed by atoms with Crippen molar-refractivity contribution in [3.8, 4) is 0 Å². The van der Waals surface area contributed by atoms with E-state index in [1.54, 1.807) is 11.8 Å². The van der Waals surface area contributed by atoms with Crippen LogP contribution >= 0.6 is 23.4 Å². The molecule has 0 heterocycles. The first-order valence-corrected chi connectivity index (χ1v) is 8.66. The Morgan fingerprint density at radius 2 is 1.82 bits per heavy atom. The van der Waals surface area contributed by atoms with Crippen LogP contribution in [0, 0.1) is 13.8 Å². The smallest absolute Gasteiger partial charge is 0.224 e. The van der Waals surface area contributed by atoms with E-state index in [1.165, 1.54) is 16.0 Å². The molecule has 116 valence electrons. The molecule has 2 rings (SSSR count). The average molecular weight is 334 g/mol. The Hall–Kier alpha value is -1.45. The molecule has 2 aromatic rings. The number of carbonyl (C=O) groups excluding carboxylic acids is 1. The van der Waals surface area contributed by atoms with Crippen LogP contribution < -0.4 is 5.32 Å². The summed E-state index contributed by atoms with van der Waals surface area (Å²) < 4.78 is 0. The summed E-state index contributed by atoms with van der Waals surface area (Å²) in [6, 6.07) is 13.8. The van der Waals surface area contributed by atoms with Crippen molar-refractivity contribution in [1.82, 2.24) is 0 Å². The number of amides is 1. The minimum absolute atomic E-state index is 0.0694. The number of hydrogen-bond donors (Lipinski definition) is 1. The highest BCUT2D eigenvalue weighted by molar-refractivity contribution is 7.99. The van der Waals surface area contributed by atoms with Gasteiger partial charge in [-0.2, -0.15) is 0 Å². The summed E-state index contributed by atoms with van der Waals surface area (Å²) in [5, 5.41) is 3.70. The van der Waals surface area contributed by atoms with E-state index >= 15 is 0 Å². The molecule has 0 aliphatic rings. The van der Waals surface area contributed by atoms with Gasteiger partial charge in [0.25, 0.3) is 0 Å². The Labute approximate surface area is 141 Å². The molecule has 22 heavy (non-hydrogen) atoms. The molecule has 0 aliphatic carbocycles. The van der Waals surface area contributed by atoms with E-state index in [0.29, 0.717) is 6.42 Å². The maximum atomic E-state index is 11.9. The van der Waals surface area contributed by atoms with Crippen molar-refractivity contribution in [3.05, 3.63) is 58.6 Å². The quantitative estimate of drug-likeness (QED) is 0.561. The first kappa shape index (κ1) is 16.9. The number of anilines is 1. The SMILES string of the molecule is Cc1ccc(NC(=O)CCCSc2ccc(Cl)cc2)cc1C. The number of nitrogens with one attached hydrogen (secondary N) is 1. The van der Waals surface area contributed by atoms with E-state index in [1.807, 2.05) is 49.4 Å². The van der Waals surface area contributed by atoms with E-state index in [4.69, 9.17) is 11.6 Å². The van der Waals surface area contributed by atoms with Gasteiger partial charge in [0.2, 0.25) is 5.91 Å². The molecule has 0 bridgehead atoms. The first-order chi connectivity index (χ1) is 10.5. The molecule has 0 spiro atoms. The highest BCUT2D eigenvalue weighted by Gasteiger charge is 2.04. The molecule has 0 fully saturated rings. The number of thioether (sulfide) groups is 1. The highest BCUT2D eigenvalue weighted by Crippen LogP contribution is 2.21. The van der Waals surface area contributed by atoms with Crippen LogP contribution in [-0.2, 0) is 4.79 Å². The van der Waals surface area contributed by atoms with Gasteiger partial charge in [-0.1, -0.05) is 17.7 Å². The summed E-state index contributed by atoms with van der Waals surface area (Å²) in [4.78, 5) is 13.1. The van der Waals surface area contributed by atoms with Gasteiger partial charge >= 0.3 is 0 Å². The summed E-state index contributed by atoms with van der Waals surface area (Å²) in [5.41, 5.74) is 3.30. The molecule has 1 amide bonds. The Bertz CT molecular complexity index is 640. The lowest BCUT2D eigenvalue weighted by Crippen LogP contribution is -2.11. The van der Waals surface area contributed by atoms with Crippen LogP contribution in [0.15, 0.2) is 47.4 Å². The van der Waals surface area contributed by atoms with Crippen molar-refractivity contribution in [2.24, 2.45) is 0 Å². The molecule has 0 radical (unpaired) electrons. The number of halogens is 1. The van der Waals surface area contributed by atoms with Crippen LogP contribution in [0.1, 0.15) is 24.0 Å². The van der Waals surface area contributed by atoms with Crippen molar-refractivity contribution in [2.75, 3.05) is 11.1 Å². The largest absolute Gasteiger partial charge is 0.326 e. The van der Waals surface area contributed by atoms with Crippen LogP contribution in [0.3, 0.4) is 0 Å². The second-order valence-electron chi connectivity index (χ2n) is 5.25. The van der Waals surface area contributed by atoms with Crippen LogP contribution in [-0.4, -0.2) is 11.7 Å². The summed E-state index contributed by atoms with van der Waals surface area (Å²) >= 11 is 7.59. The zero-order chi connectivity index (χ0) is 15.9. The fraction of sp³-hybridized carbons (Fsp3) is 0.278. The maximum absolute atomic E-state index is 11.9. The van der Waals surface area contributed by atoms with Gasteiger partial charge in [0.1, 0.15) is 0 Å². The number of carbonyl (C=O) groups is 1. The molecule has 1 N–H and O–H groups in total. The molecule has 4 heteroatoms. The second-order valence-corrected chi connectivity index (χ2v) is 6.86. The van der Waals surface area contributed by atoms with Gasteiger partial charge in [0.15, 0.2) is 0 Å². The zero-order valence-corrected chi connectivity index (χ0v) is 14.4. The van der Waals surface area contributed by atoms with Gasteiger partial charge < -0.3 is 5.32 Å². The third-order valence-corrected chi connectivity index (χ3v) is 4.77. The van der Waals surface area contributed by atoms with Crippen LogP contribution in [0.2, 0.25) is 5.02 Å². The summed E-state index contributed by atoms with van der Waals surface area (Å²) in [7, 11) is 0. The van der Waals surface area contributed by atoms with E-state index in [2.05, 4.69) is 12.2 Å². The monoisotopic (exact) mass is 333 g/mol. The molecule has 0 aliphatic heterocycles. The van der Waals surface area contributed by atoms with Crippen molar-refractivity contribution in [2.45, 2.75) is 31.6 Å². The number of aryl methyl sites for hydroxylation is 2. The normalized spacial score (nSPS) is 10.5. The maximum Gasteiger partial charge on any atom is 0.224 e. The number of hydrogen-bond acceptors (Lipinski definition) is 2. The van der Waals surface area contributed by atoms with Crippen LogP contribution in [0.25, 0.3) is 0 Å². The predicted molar refractivity (Wildman–Crippen MR) is 96.0 cm³/mol. The van der Waals surface area contributed by atoms with Gasteiger partial charge in [-0.05, 0) is 73.5 Å². The van der Waals surface area contributed by atoms with Crippen molar-refractivity contribution >= 4 is 35.0 Å². The number of rotatable bonds is 6. The fourth-order valence-corrected chi connectivity index (χ4v) is 2.98. The Morgan fingerprint density at radius 3 is 2.50 bits per heavy atom. The lowest BCUT2D eigenvalue weighted by Gasteiger charge is -2.07.